The summed E-state index contributed by atoms with van der Waals surface area (Å²) >= 11 is 6.09. The van der Waals surface area contributed by atoms with Gasteiger partial charge in [-0.05, 0) is 30.8 Å². The molecule has 0 aliphatic carbocycles. The lowest BCUT2D eigenvalue weighted by molar-refractivity contribution is -0.384. The van der Waals surface area contributed by atoms with Crippen LogP contribution in [0.3, 0.4) is 0 Å². The highest BCUT2D eigenvalue weighted by Crippen LogP contribution is 2.31. The topological polar surface area (TPSA) is 85.3 Å². The van der Waals surface area contributed by atoms with Crippen LogP contribution in [-0.4, -0.2) is 27.0 Å². The van der Waals surface area contributed by atoms with Crippen LogP contribution in [0, 0.1) is 10.1 Å². The van der Waals surface area contributed by atoms with E-state index in [1.165, 1.54) is 30.3 Å². The molecule has 0 aliphatic rings. The van der Waals surface area contributed by atoms with Gasteiger partial charge >= 0.3 is 6.18 Å². The minimum atomic E-state index is -4.47. The number of nitro groups is 1. The number of hydrogen-bond acceptors (Lipinski definition) is 6. The second-order valence-corrected chi connectivity index (χ2v) is 6.70. The van der Waals surface area contributed by atoms with Gasteiger partial charge in [0.1, 0.15) is 0 Å². The molecule has 0 radical (unpaired) electrons. The van der Waals surface area contributed by atoms with Crippen LogP contribution in [0.2, 0.25) is 5.02 Å². The zero-order chi connectivity index (χ0) is 21.2. The second-order valence-electron chi connectivity index (χ2n) is 6.30. The summed E-state index contributed by atoms with van der Waals surface area (Å²) < 4.78 is 43.7. The Morgan fingerprint density at radius 1 is 1.21 bits per heavy atom. The largest absolute Gasteiger partial charge is 0.416 e. The lowest BCUT2D eigenvalue weighted by atomic mass is 10.1. The molecule has 11 heteroatoms. The molecule has 0 bridgehead atoms. The van der Waals surface area contributed by atoms with Crippen LogP contribution in [0.15, 0.2) is 47.0 Å². The quantitative estimate of drug-likeness (QED) is 0.409. The van der Waals surface area contributed by atoms with Gasteiger partial charge < -0.3 is 4.52 Å². The zero-order valence-electron chi connectivity index (χ0n) is 15.0. The predicted octanol–water partition coefficient (Wildman–Crippen LogP) is 4.95. The number of nitrogens with zero attached hydrogens (tertiary/aromatic N) is 4. The van der Waals surface area contributed by atoms with E-state index in [1.807, 2.05) is 0 Å². The third-order valence-corrected chi connectivity index (χ3v) is 4.37. The van der Waals surface area contributed by atoms with Gasteiger partial charge in [-0.3, -0.25) is 15.0 Å². The smallest absolute Gasteiger partial charge is 0.338 e. The minimum absolute atomic E-state index is 0.0351. The molecule has 0 N–H and O–H groups in total. The molecule has 0 saturated heterocycles. The number of halogens is 4. The number of benzene rings is 2. The molecule has 2 aromatic carbocycles. The van der Waals surface area contributed by atoms with Gasteiger partial charge in [-0.25, -0.2) is 0 Å². The van der Waals surface area contributed by atoms with Gasteiger partial charge in [-0.1, -0.05) is 28.9 Å². The maximum absolute atomic E-state index is 12.9. The molecule has 1 heterocycles. The van der Waals surface area contributed by atoms with Crippen LogP contribution in [0.25, 0.3) is 11.4 Å². The number of nitro benzene ring substituents is 1. The van der Waals surface area contributed by atoms with Gasteiger partial charge in [0, 0.05) is 29.3 Å². The number of aromatic nitrogens is 2. The van der Waals surface area contributed by atoms with Crippen molar-refractivity contribution < 1.29 is 22.6 Å². The maximum Gasteiger partial charge on any atom is 0.416 e. The first-order valence-electron chi connectivity index (χ1n) is 8.25. The van der Waals surface area contributed by atoms with Crippen molar-refractivity contribution in [3.8, 4) is 11.4 Å². The average molecular weight is 427 g/mol. The Kier molecular flexibility index (Phi) is 5.85. The summed E-state index contributed by atoms with van der Waals surface area (Å²) in [6.45, 7) is 0.437. The molecule has 3 aromatic rings. The molecule has 0 fully saturated rings. The van der Waals surface area contributed by atoms with Gasteiger partial charge in [0.2, 0.25) is 11.7 Å². The van der Waals surface area contributed by atoms with Crippen molar-refractivity contribution in [1.82, 2.24) is 15.0 Å². The van der Waals surface area contributed by atoms with Gasteiger partial charge in [-0.2, -0.15) is 18.2 Å². The molecule has 3 rings (SSSR count). The summed E-state index contributed by atoms with van der Waals surface area (Å²) in [5.41, 5.74) is -0.165. The van der Waals surface area contributed by atoms with E-state index in [4.69, 9.17) is 16.1 Å². The fourth-order valence-electron chi connectivity index (χ4n) is 2.64. The average Bonchev–Trinajstić information content (AvgIpc) is 3.11. The number of non-ortho nitro benzene ring substituents is 1. The Morgan fingerprint density at radius 3 is 2.66 bits per heavy atom. The van der Waals surface area contributed by atoms with Crippen molar-refractivity contribution in [2.75, 3.05) is 7.05 Å². The third-order valence-electron chi connectivity index (χ3n) is 4.00. The molecule has 7 nitrogen and oxygen atoms in total. The minimum Gasteiger partial charge on any atom is -0.338 e. The van der Waals surface area contributed by atoms with Gasteiger partial charge in [0.05, 0.1) is 17.0 Å². The summed E-state index contributed by atoms with van der Waals surface area (Å²) in [7, 11) is 1.71. The number of alkyl halides is 3. The van der Waals surface area contributed by atoms with E-state index in [-0.39, 0.29) is 36.1 Å². The molecule has 1 aromatic heterocycles. The molecule has 0 saturated carbocycles. The second kappa shape index (κ2) is 8.18. The Labute approximate surface area is 167 Å². The molecule has 152 valence electrons. The molecule has 0 spiro atoms. The van der Waals surface area contributed by atoms with E-state index in [1.54, 1.807) is 11.9 Å². The Morgan fingerprint density at radius 2 is 1.97 bits per heavy atom. The zero-order valence-corrected chi connectivity index (χ0v) is 15.7. The van der Waals surface area contributed by atoms with Crippen molar-refractivity contribution >= 4 is 17.3 Å². The van der Waals surface area contributed by atoms with E-state index < -0.39 is 16.7 Å². The molecule has 0 aliphatic heterocycles. The summed E-state index contributed by atoms with van der Waals surface area (Å²) in [5.74, 6) is 0.217. The van der Waals surface area contributed by atoms with Gasteiger partial charge in [0.15, 0.2) is 0 Å². The van der Waals surface area contributed by atoms with Crippen molar-refractivity contribution in [2.24, 2.45) is 0 Å². The van der Waals surface area contributed by atoms with Crippen molar-refractivity contribution in [2.45, 2.75) is 19.3 Å². The van der Waals surface area contributed by atoms with Crippen LogP contribution in [0.1, 0.15) is 17.0 Å². The Balaban J connectivity index is 1.72. The van der Waals surface area contributed by atoms with E-state index in [0.29, 0.717) is 10.6 Å². The predicted molar refractivity (Wildman–Crippen MR) is 98.0 cm³/mol. The summed E-state index contributed by atoms with van der Waals surface area (Å²) in [6.07, 6.45) is -4.47. The van der Waals surface area contributed by atoms with Crippen LogP contribution < -0.4 is 0 Å². The fourth-order valence-corrected chi connectivity index (χ4v) is 2.82. The van der Waals surface area contributed by atoms with Crippen molar-refractivity contribution in [3.63, 3.8) is 0 Å². The molecular weight excluding hydrogens is 413 g/mol. The fraction of sp³-hybridized carbons (Fsp3) is 0.222. The highest BCUT2D eigenvalue weighted by molar-refractivity contribution is 6.31. The highest BCUT2D eigenvalue weighted by atomic mass is 35.5. The summed E-state index contributed by atoms with van der Waals surface area (Å²) in [4.78, 5) is 16.3. The van der Waals surface area contributed by atoms with Crippen LogP contribution >= 0.6 is 11.6 Å². The lowest BCUT2D eigenvalue weighted by Crippen LogP contribution is -2.17. The molecule has 29 heavy (non-hydrogen) atoms. The van der Waals surface area contributed by atoms with E-state index in [0.717, 1.165) is 12.1 Å². The van der Waals surface area contributed by atoms with E-state index >= 15 is 0 Å². The first-order valence-corrected chi connectivity index (χ1v) is 8.63. The molecule has 0 atom stereocenters. The first-order chi connectivity index (χ1) is 13.6. The van der Waals surface area contributed by atoms with E-state index in [9.17, 15) is 23.3 Å². The SMILES string of the molecule is CN(Cc1nc(-c2cccc(C(F)(F)F)c2)no1)Cc1cc([N+](=O)[O-])ccc1Cl. The lowest BCUT2D eigenvalue weighted by Gasteiger charge is -2.15. The highest BCUT2D eigenvalue weighted by Gasteiger charge is 2.30. The molecule has 0 amide bonds. The van der Waals surface area contributed by atoms with Crippen LogP contribution in [-0.2, 0) is 19.3 Å². The Bertz CT molecular complexity index is 1040. The number of rotatable bonds is 6. The van der Waals surface area contributed by atoms with E-state index in [2.05, 4.69) is 10.1 Å². The monoisotopic (exact) mass is 426 g/mol. The summed E-state index contributed by atoms with van der Waals surface area (Å²) in [6, 6.07) is 8.76. The van der Waals surface area contributed by atoms with Crippen molar-refractivity contribution in [1.29, 1.82) is 0 Å². The standard InChI is InChI=1S/C18H14ClF3N4O3/c1-25(9-12-8-14(26(27)28)5-6-15(12)19)10-16-23-17(24-29-16)11-3-2-4-13(7-11)18(20,21)22/h2-8H,9-10H2,1H3. The maximum atomic E-state index is 12.9. The number of hydrogen-bond donors (Lipinski definition) is 0. The molecule has 0 unspecified atom stereocenters. The summed E-state index contributed by atoms with van der Waals surface area (Å²) in [5, 5.41) is 15.0. The normalized spacial score (nSPS) is 11.8. The van der Waals surface area contributed by atoms with Gasteiger partial charge in [0.25, 0.3) is 5.69 Å². The van der Waals surface area contributed by atoms with Crippen LogP contribution in [0.4, 0.5) is 18.9 Å². The third kappa shape index (κ3) is 5.09. The van der Waals surface area contributed by atoms with Gasteiger partial charge in [-0.15, -0.1) is 0 Å². The molecular formula is C18H14ClF3N4O3. The Hall–Kier alpha value is -2.98. The first kappa shape index (κ1) is 20.7. The van der Waals surface area contributed by atoms with Crippen molar-refractivity contribution in [3.05, 3.63) is 74.6 Å². The van der Waals surface area contributed by atoms with Crippen LogP contribution in [0.5, 0.6) is 0 Å².